The van der Waals surface area contributed by atoms with Crippen LogP contribution < -0.4 is 10.0 Å². The summed E-state index contributed by atoms with van der Waals surface area (Å²) in [7, 11) is -3.34. The second kappa shape index (κ2) is 6.50. The van der Waals surface area contributed by atoms with Crippen molar-refractivity contribution in [3.05, 3.63) is 29.8 Å². The first-order valence-corrected chi connectivity index (χ1v) is 8.42. The topological polar surface area (TPSA) is 58.2 Å². The molecule has 4 nitrogen and oxygen atoms in total. The summed E-state index contributed by atoms with van der Waals surface area (Å²) in [4.78, 5) is 0.346. The molecule has 1 aliphatic rings. The number of unbranched alkanes of at least 4 members (excludes halogenated alkanes) is 1. The van der Waals surface area contributed by atoms with Crippen molar-refractivity contribution in [3.8, 4) is 0 Å². The van der Waals surface area contributed by atoms with E-state index in [1.807, 2.05) is 19.1 Å². The van der Waals surface area contributed by atoms with Crippen LogP contribution in [0.3, 0.4) is 0 Å². The van der Waals surface area contributed by atoms with Crippen LogP contribution in [-0.2, 0) is 16.6 Å². The van der Waals surface area contributed by atoms with E-state index in [0.717, 1.165) is 24.9 Å². The van der Waals surface area contributed by atoms with Crippen molar-refractivity contribution in [2.24, 2.45) is 0 Å². The van der Waals surface area contributed by atoms with Crippen LogP contribution in [0.4, 0.5) is 0 Å². The van der Waals surface area contributed by atoms with Gasteiger partial charge in [-0.1, -0.05) is 25.5 Å². The van der Waals surface area contributed by atoms with Gasteiger partial charge in [-0.15, -0.1) is 0 Å². The Balaban J connectivity index is 1.91. The molecule has 1 saturated carbocycles. The van der Waals surface area contributed by atoms with E-state index in [0.29, 0.717) is 17.5 Å². The van der Waals surface area contributed by atoms with Crippen LogP contribution in [0.15, 0.2) is 29.2 Å². The number of rotatable bonds is 8. The van der Waals surface area contributed by atoms with Gasteiger partial charge in [0.1, 0.15) is 0 Å². The van der Waals surface area contributed by atoms with Crippen molar-refractivity contribution in [1.29, 1.82) is 0 Å². The van der Waals surface area contributed by atoms with Gasteiger partial charge in [0.05, 0.1) is 4.90 Å². The molecule has 1 aromatic rings. The van der Waals surface area contributed by atoms with E-state index in [1.54, 1.807) is 12.1 Å². The number of hydrogen-bond acceptors (Lipinski definition) is 3. The van der Waals surface area contributed by atoms with Crippen LogP contribution in [0.25, 0.3) is 0 Å². The van der Waals surface area contributed by atoms with Crippen molar-refractivity contribution >= 4 is 10.0 Å². The van der Waals surface area contributed by atoms with E-state index in [-0.39, 0.29) is 0 Å². The summed E-state index contributed by atoms with van der Waals surface area (Å²) in [6.07, 6.45) is 4.36. The summed E-state index contributed by atoms with van der Waals surface area (Å²) in [6, 6.07) is 7.78. The number of hydrogen-bond donors (Lipinski definition) is 2. The zero-order valence-electron chi connectivity index (χ0n) is 11.4. The molecule has 1 aromatic carbocycles. The Morgan fingerprint density at radius 2 is 1.89 bits per heavy atom. The Bertz CT molecular complexity index is 493. The molecule has 1 aliphatic carbocycles. The van der Waals surface area contributed by atoms with Crippen LogP contribution in [-0.4, -0.2) is 21.0 Å². The van der Waals surface area contributed by atoms with Gasteiger partial charge in [0.15, 0.2) is 0 Å². The minimum absolute atomic E-state index is 0.346. The Hall–Kier alpha value is -0.910. The van der Waals surface area contributed by atoms with E-state index >= 15 is 0 Å². The average Bonchev–Trinajstić information content (AvgIpc) is 3.21. The molecule has 0 bridgehead atoms. The Morgan fingerprint density at radius 1 is 1.21 bits per heavy atom. The molecular formula is C14H22N2O2S. The second-order valence-corrected chi connectivity index (χ2v) is 6.82. The Kier molecular flexibility index (Phi) is 4.96. The normalized spacial score (nSPS) is 15.6. The number of benzene rings is 1. The molecule has 0 unspecified atom stereocenters. The monoisotopic (exact) mass is 282 g/mol. The van der Waals surface area contributed by atoms with Gasteiger partial charge < -0.3 is 5.32 Å². The van der Waals surface area contributed by atoms with Gasteiger partial charge in [-0.25, -0.2) is 13.1 Å². The van der Waals surface area contributed by atoms with E-state index in [1.165, 1.54) is 12.8 Å². The largest absolute Gasteiger partial charge is 0.310 e. The quantitative estimate of drug-likeness (QED) is 0.717. The highest BCUT2D eigenvalue weighted by Gasteiger charge is 2.20. The van der Waals surface area contributed by atoms with Crippen molar-refractivity contribution in [2.75, 3.05) is 6.54 Å². The molecule has 19 heavy (non-hydrogen) atoms. The van der Waals surface area contributed by atoms with Gasteiger partial charge in [0.25, 0.3) is 0 Å². The summed E-state index contributed by atoms with van der Waals surface area (Å²) in [5.41, 5.74) is 1.12. The molecule has 0 amide bonds. The molecule has 2 rings (SSSR count). The van der Waals surface area contributed by atoms with Gasteiger partial charge in [0, 0.05) is 19.1 Å². The molecule has 5 heteroatoms. The first-order chi connectivity index (χ1) is 9.12. The Morgan fingerprint density at radius 3 is 2.47 bits per heavy atom. The molecule has 106 valence electrons. The Labute approximate surface area is 115 Å². The lowest BCUT2D eigenvalue weighted by Gasteiger charge is -2.07. The molecule has 0 spiro atoms. The van der Waals surface area contributed by atoms with Crippen LogP contribution in [0.1, 0.15) is 38.2 Å². The molecule has 0 aromatic heterocycles. The molecule has 0 radical (unpaired) electrons. The van der Waals surface area contributed by atoms with Crippen LogP contribution >= 0.6 is 0 Å². The van der Waals surface area contributed by atoms with Gasteiger partial charge in [-0.2, -0.15) is 0 Å². The van der Waals surface area contributed by atoms with Crippen molar-refractivity contribution in [2.45, 2.75) is 50.1 Å². The third-order valence-electron chi connectivity index (χ3n) is 3.23. The maximum absolute atomic E-state index is 12.0. The fourth-order valence-corrected chi connectivity index (χ4v) is 2.88. The van der Waals surface area contributed by atoms with Crippen LogP contribution in [0.2, 0.25) is 0 Å². The summed E-state index contributed by atoms with van der Waals surface area (Å²) in [5, 5.41) is 3.41. The highest BCUT2D eigenvalue weighted by atomic mass is 32.2. The maximum Gasteiger partial charge on any atom is 0.240 e. The predicted octanol–water partition coefficient (Wildman–Crippen LogP) is 2.02. The van der Waals surface area contributed by atoms with E-state index < -0.39 is 10.0 Å². The standard InChI is InChI=1S/C14H22N2O2S/c1-2-3-10-16-19(17,18)14-8-4-12(5-9-14)11-15-13-6-7-13/h4-5,8-9,13,15-16H,2-3,6-7,10-11H2,1H3. The highest BCUT2D eigenvalue weighted by molar-refractivity contribution is 7.89. The number of nitrogens with one attached hydrogen (secondary N) is 2. The predicted molar refractivity (Wildman–Crippen MR) is 76.4 cm³/mol. The molecular weight excluding hydrogens is 260 g/mol. The average molecular weight is 282 g/mol. The first-order valence-electron chi connectivity index (χ1n) is 6.94. The van der Waals surface area contributed by atoms with Gasteiger partial charge in [-0.05, 0) is 37.0 Å². The van der Waals surface area contributed by atoms with Gasteiger partial charge in [0.2, 0.25) is 10.0 Å². The van der Waals surface area contributed by atoms with E-state index in [2.05, 4.69) is 10.0 Å². The maximum atomic E-state index is 12.0. The summed E-state index contributed by atoms with van der Waals surface area (Å²) < 4.78 is 26.5. The number of sulfonamides is 1. The fraction of sp³-hybridized carbons (Fsp3) is 0.571. The molecule has 0 aliphatic heterocycles. The third-order valence-corrected chi connectivity index (χ3v) is 4.71. The second-order valence-electron chi connectivity index (χ2n) is 5.05. The molecule has 0 saturated heterocycles. The summed E-state index contributed by atoms with van der Waals surface area (Å²) in [6.45, 7) is 3.36. The smallest absolute Gasteiger partial charge is 0.240 e. The summed E-state index contributed by atoms with van der Waals surface area (Å²) in [5.74, 6) is 0. The van der Waals surface area contributed by atoms with Gasteiger partial charge in [-0.3, -0.25) is 0 Å². The molecule has 1 fully saturated rings. The molecule has 0 heterocycles. The minimum Gasteiger partial charge on any atom is -0.310 e. The lowest BCUT2D eigenvalue weighted by atomic mass is 10.2. The zero-order valence-corrected chi connectivity index (χ0v) is 12.2. The van der Waals surface area contributed by atoms with Crippen LogP contribution in [0.5, 0.6) is 0 Å². The molecule has 2 N–H and O–H groups in total. The fourth-order valence-electron chi connectivity index (χ4n) is 1.80. The first kappa shape index (κ1) is 14.5. The highest BCUT2D eigenvalue weighted by Crippen LogP contribution is 2.19. The van der Waals surface area contributed by atoms with E-state index in [9.17, 15) is 8.42 Å². The SMILES string of the molecule is CCCCNS(=O)(=O)c1ccc(CNC2CC2)cc1. The summed E-state index contributed by atoms with van der Waals surface area (Å²) >= 11 is 0. The zero-order chi connectivity index (χ0) is 13.7. The van der Waals surface area contributed by atoms with Crippen molar-refractivity contribution in [3.63, 3.8) is 0 Å². The van der Waals surface area contributed by atoms with Crippen molar-refractivity contribution in [1.82, 2.24) is 10.0 Å². The van der Waals surface area contributed by atoms with Crippen LogP contribution in [0, 0.1) is 0 Å². The van der Waals surface area contributed by atoms with Crippen molar-refractivity contribution < 1.29 is 8.42 Å². The lowest BCUT2D eigenvalue weighted by molar-refractivity contribution is 0.578. The lowest BCUT2D eigenvalue weighted by Crippen LogP contribution is -2.24. The van der Waals surface area contributed by atoms with Gasteiger partial charge >= 0.3 is 0 Å². The van der Waals surface area contributed by atoms with E-state index in [4.69, 9.17) is 0 Å². The molecule has 0 atom stereocenters. The minimum atomic E-state index is -3.34. The third kappa shape index (κ3) is 4.60.